The number of carbonyl (C=O) groups excluding carboxylic acids is 1. The van der Waals surface area contributed by atoms with E-state index in [0.717, 1.165) is 46.2 Å². The molecule has 226 valence electrons. The van der Waals surface area contributed by atoms with Crippen LogP contribution in [0, 0.1) is 18.3 Å². The Balaban J connectivity index is 1.21. The fourth-order valence-corrected chi connectivity index (χ4v) is 6.71. The van der Waals surface area contributed by atoms with E-state index in [0.29, 0.717) is 64.9 Å². The number of ether oxygens (including phenoxy) is 1. The molecule has 0 spiro atoms. The number of halogens is 2. The first-order valence-electron chi connectivity index (χ1n) is 14.7. The summed E-state index contributed by atoms with van der Waals surface area (Å²) in [5.41, 5.74) is 9.13. The highest BCUT2D eigenvalue weighted by Gasteiger charge is 2.28. The Morgan fingerprint density at radius 3 is 2.69 bits per heavy atom. The molecule has 1 aliphatic carbocycles. The minimum Gasteiger partial charge on any atom is -0.480 e. The Labute approximate surface area is 264 Å². The van der Waals surface area contributed by atoms with Crippen molar-refractivity contribution < 1.29 is 18.3 Å². The molecule has 3 heterocycles. The number of fused-ring (bicyclic) bond motifs is 2. The minimum atomic E-state index is -0.785. The summed E-state index contributed by atoms with van der Waals surface area (Å²) in [5, 5.41) is 13.7. The van der Waals surface area contributed by atoms with Crippen LogP contribution in [0.1, 0.15) is 50.6 Å². The number of methoxy groups -OCH3 is 1. The predicted octanol–water partition coefficient (Wildman–Crippen LogP) is 7.46. The molecular formula is C35H29ClFN5O3. The maximum Gasteiger partial charge on any atom is 0.227 e. The number of pyridine rings is 1. The number of likely N-dealkylation sites (tertiary alicyclic amines) is 1. The largest absolute Gasteiger partial charge is 0.480 e. The fourth-order valence-electron chi connectivity index (χ4n) is 6.49. The van der Waals surface area contributed by atoms with Crippen LogP contribution >= 0.6 is 11.6 Å². The van der Waals surface area contributed by atoms with Crippen LogP contribution in [0.4, 0.5) is 10.2 Å². The number of hydrogen-bond acceptors (Lipinski definition) is 8. The van der Waals surface area contributed by atoms with Gasteiger partial charge in [0.15, 0.2) is 11.9 Å². The molecule has 10 heteroatoms. The van der Waals surface area contributed by atoms with Crippen LogP contribution in [0.5, 0.6) is 5.88 Å². The molecule has 0 unspecified atom stereocenters. The van der Waals surface area contributed by atoms with Gasteiger partial charge in [0.2, 0.25) is 11.8 Å². The lowest BCUT2D eigenvalue weighted by molar-refractivity contribution is 0.0591. The fraction of sp³-hybridized carbons (Fsp3) is 0.257. The Kier molecular flexibility index (Phi) is 7.48. The zero-order valence-corrected chi connectivity index (χ0v) is 25.5. The summed E-state index contributed by atoms with van der Waals surface area (Å²) in [7, 11) is 1.47. The molecule has 0 amide bonds. The number of oxazole rings is 1. The van der Waals surface area contributed by atoms with Crippen LogP contribution in [0.15, 0.2) is 59.0 Å². The summed E-state index contributed by atoms with van der Waals surface area (Å²) in [6.07, 6.45) is 1.58. The third-order valence-electron chi connectivity index (χ3n) is 8.71. The van der Waals surface area contributed by atoms with Crippen molar-refractivity contribution in [1.29, 1.82) is 5.26 Å². The van der Waals surface area contributed by atoms with Gasteiger partial charge in [-0.3, -0.25) is 9.69 Å². The van der Waals surface area contributed by atoms with Gasteiger partial charge in [-0.05, 0) is 77.4 Å². The number of hydrogen-bond donors (Lipinski definition) is 1. The minimum absolute atomic E-state index is 0.0251. The van der Waals surface area contributed by atoms with E-state index in [9.17, 15) is 14.4 Å². The van der Waals surface area contributed by atoms with E-state index < -0.39 is 6.17 Å². The third kappa shape index (κ3) is 5.20. The molecule has 45 heavy (non-hydrogen) atoms. The molecule has 7 rings (SSSR count). The molecule has 1 aliphatic heterocycles. The summed E-state index contributed by atoms with van der Waals surface area (Å²) in [6.45, 7) is 3.44. The molecule has 1 N–H and O–H groups in total. The van der Waals surface area contributed by atoms with Gasteiger partial charge in [0, 0.05) is 25.2 Å². The number of aldehydes is 1. The molecule has 0 radical (unpaired) electrons. The SMILES string of the molecule is COc1nc(N[C@H]2CCc3c(-c4cccc(-c5nc6cc(CN7CC(F)C7)cc(C#N)c6o5)c4C)cccc32)c(Cl)cc1C=O. The molecule has 0 bridgehead atoms. The Bertz CT molecular complexity index is 2010. The number of anilines is 1. The van der Waals surface area contributed by atoms with Crippen LogP contribution in [0.3, 0.4) is 0 Å². The van der Waals surface area contributed by atoms with Gasteiger partial charge in [-0.2, -0.15) is 10.2 Å². The van der Waals surface area contributed by atoms with E-state index in [-0.39, 0.29) is 11.9 Å². The van der Waals surface area contributed by atoms with E-state index in [1.807, 2.05) is 23.1 Å². The number of carbonyl (C=O) groups is 1. The van der Waals surface area contributed by atoms with Gasteiger partial charge in [0.05, 0.1) is 29.3 Å². The van der Waals surface area contributed by atoms with E-state index >= 15 is 0 Å². The number of nitrogens with zero attached hydrogens (tertiary/aromatic N) is 4. The Hall–Kier alpha value is -4.78. The van der Waals surface area contributed by atoms with Crippen molar-refractivity contribution in [3.63, 3.8) is 0 Å². The Morgan fingerprint density at radius 1 is 1.16 bits per heavy atom. The van der Waals surface area contributed by atoms with Crippen molar-refractivity contribution in [2.45, 2.75) is 38.5 Å². The second-order valence-corrected chi connectivity index (χ2v) is 11.9. The van der Waals surface area contributed by atoms with Crippen molar-refractivity contribution in [1.82, 2.24) is 14.9 Å². The summed E-state index contributed by atoms with van der Waals surface area (Å²) in [6, 6.07) is 19.9. The number of rotatable bonds is 8. The molecule has 3 aromatic carbocycles. The molecule has 1 atom stereocenters. The monoisotopic (exact) mass is 621 g/mol. The van der Waals surface area contributed by atoms with Gasteiger partial charge in [0.1, 0.15) is 23.6 Å². The van der Waals surface area contributed by atoms with Crippen molar-refractivity contribution >= 4 is 34.8 Å². The highest BCUT2D eigenvalue weighted by Crippen LogP contribution is 2.43. The Morgan fingerprint density at radius 2 is 1.93 bits per heavy atom. The highest BCUT2D eigenvalue weighted by atomic mass is 35.5. The number of nitrogens with one attached hydrogen (secondary N) is 1. The van der Waals surface area contributed by atoms with Crippen LogP contribution in [0.2, 0.25) is 5.02 Å². The van der Waals surface area contributed by atoms with E-state index in [1.54, 1.807) is 12.1 Å². The standard InChI is InChI=1S/C35H29ClFN5O3/c1-19-24(26-7-4-8-28-27(26)9-10-30(28)39-33-29(36)13-22(18-43)34(41-33)44-2)5-3-6-25(19)35-40-31-12-20(15-42-16-23(37)17-42)11-21(14-38)32(31)45-35/h3-8,11-13,18,23,30H,9-10,15-17H2,1-2H3,(H,39,41)/t30-/m0/s1. The molecule has 5 aromatic rings. The first kappa shape index (κ1) is 29.0. The van der Waals surface area contributed by atoms with Crippen LogP contribution in [-0.2, 0) is 13.0 Å². The van der Waals surface area contributed by atoms with Gasteiger partial charge in [-0.25, -0.2) is 9.37 Å². The smallest absolute Gasteiger partial charge is 0.227 e. The number of aromatic nitrogens is 2. The lowest BCUT2D eigenvalue weighted by atomic mass is 9.91. The number of nitriles is 1. The zero-order valence-electron chi connectivity index (χ0n) is 24.7. The van der Waals surface area contributed by atoms with Gasteiger partial charge < -0.3 is 14.5 Å². The first-order chi connectivity index (χ1) is 21.9. The summed E-state index contributed by atoms with van der Waals surface area (Å²) < 4.78 is 24.9. The maximum absolute atomic E-state index is 13.4. The first-order valence-corrected chi connectivity index (χ1v) is 15.1. The van der Waals surface area contributed by atoms with Gasteiger partial charge >= 0.3 is 0 Å². The van der Waals surface area contributed by atoms with E-state index in [2.05, 4.69) is 47.6 Å². The third-order valence-corrected chi connectivity index (χ3v) is 9.00. The summed E-state index contributed by atoms with van der Waals surface area (Å²) >= 11 is 6.47. The molecule has 8 nitrogen and oxygen atoms in total. The second-order valence-electron chi connectivity index (χ2n) is 11.5. The van der Waals surface area contributed by atoms with Crippen LogP contribution in [-0.4, -0.2) is 47.5 Å². The molecule has 2 aliphatic rings. The quantitative estimate of drug-likeness (QED) is 0.178. The van der Waals surface area contributed by atoms with Crippen LogP contribution in [0.25, 0.3) is 33.7 Å². The van der Waals surface area contributed by atoms with Gasteiger partial charge in [-0.1, -0.05) is 41.9 Å². The second kappa shape index (κ2) is 11.6. The molecule has 0 saturated carbocycles. The summed E-state index contributed by atoms with van der Waals surface area (Å²) in [4.78, 5) is 22.6. The van der Waals surface area contributed by atoms with E-state index in [4.69, 9.17) is 25.7 Å². The number of benzene rings is 3. The normalized spacial score (nSPS) is 16.3. The lowest BCUT2D eigenvalue weighted by Gasteiger charge is -2.34. The average Bonchev–Trinajstić information content (AvgIpc) is 3.65. The van der Waals surface area contributed by atoms with E-state index in [1.165, 1.54) is 12.7 Å². The predicted molar refractivity (Wildman–Crippen MR) is 170 cm³/mol. The van der Waals surface area contributed by atoms with Crippen molar-refractivity contribution in [3.8, 4) is 34.5 Å². The molecule has 1 saturated heterocycles. The molecule has 2 aromatic heterocycles. The van der Waals surface area contributed by atoms with Gasteiger partial charge in [-0.15, -0.1) is 0 Å². The average molecular weight is 622 g/mol. The maximum atomic E-state index is 13.4. The lowest BCUT2D eigenvalue weighted by Crippen LogP contribution is -2.47. The topological polar surface area (TPSA) is 104 Å². The summed E-state index contributed by atoms with van der Waals surface area (Å²) in [5.74, 6) is 1.14. The number of alkyl halides is 1. The van der Waals surface area contributed by atoms with Crippen molar-refractivity contribution in [2.75, 3.05) is 25.5 Å². The van der Waals surface area contributed by atoms with Crippen molar-refractivity contribution in [2.24, 2.45) is 0 Å². The van der Waals surface area contributed by atoms with Crippen molar-refractivity contribution in [3.05, 3.63) is 93.0 Å². The zero-order chi connectivity index (χ0) is 31.2. The van der Waals surface area contributed by atoms with Gasteiger partial charge in [0.25, 0.3) is 0 Å². The molecular weight excluding hydrogens is 593 g/mol. The van der Waals surface area contributed by atoms with Crippen LogP contribution < -0.4 is 10.1 Å². The highest BCUT2D eigenvalue weighted by molar-refractivity contribution is 6.33. The molecule has 1 fully saturated rings.